The van der Waals surface area contributed by atoms with E-state index < -0.39 is 97.5 Å². The van der Waals surface area contributed by atoms with Gasteiger partial charge in [0.1, 0.15) is 19.3 Å². The molecule has 0 aliphatic carbocycles. The predicted molar refractivity (Wildman–Crippen MR) is 418 cm³/mol. The van der Waals surface area contributed by atoms with Crippen molar-refractivity contribution in [2.75, 3.05) is 39.6 Å². The van der Waals surface area contributed by atoms with Crippen LogP contribution in [0.3, 0.4) is 0 Å². The van der Waals surface area contributed by atoms with Crippen molar-refractivity contribution in [3.8, 4) is 0 Å². The molecule has 0 aliphatic rings. The summed E-state index contributed by atoms with van der Waals surface area (Å²) in [7, 11) is -9.94. The number of esters is 4. The molecule has 17 nitrogen and oxygen atoms in total. The Morgan fingerprint density at radius 2 is 0.529 bits per heavy atom. The van der Waals surface area contributed by atoms with Crippen molar-refractivity contribution in [2.45, 2.75) is 426 Å². The Morgan fingerprint density at radius 3 is 0.794 bits per heavy atom. The van der Waals surface area contributed by atoms with E-state index in [1.165, 1.54) is 199 Å². The number of aliphatic hydroxyl groups excluding tert-OH is 1. The van der Waals surface area contributed by atoms with Crippen molar-refractivity contribution in [3.63, 3.8) is 0 Å². The number of hydrogen-bond acceptors (Lipinski definition) is 15. The van der Waals surface area contributed by atoms with E-state index in [-0.39, 0.29) is 25.7 Å². The van der Waals surface area contributed by atoms with Gasteiger partial charge < -0.3 is 33.8 Å². The quantitative estimate of drug-likeness (QED) is 0.0169. The topological polar surface area (TPSA) is 237 Å². The van der Waals surface area contributed by atoms with Gasteiger partial charge in [0, 0.05) is 25.7 Å². The molecule has 0 aliphatic heterocycles. The van der Waals surface area contributed by atoms with Gasteiger partial charge in [-0.1, -0.05) is 355 Å². The average Bonchev–Trinajstić information content (AvgIpc) is 0.922. The fourth-order valence-corrected chi connectivity index (χ4v) is 13.9. The standard InChI is InChI=1S/C83H158O17P2/c1-8-9-10-11-12-13-14-15-20-24-27-36-43-50-57-64-80(85)93-70-78(99-82(87)66-59-52-45-38-28-25-22-19-17-16-18-21-23-26-33-40-47-54-61-74(2)3)72-97-101(89,90)95-68-77(84)69-96-102(91,92)98-73-79(100-83(88)67-60-53-46-39-32-30-35-42-49-56-63-76(6)7)71-94-81(86)65-58-51-44-37-31-29-34-41-48-55-62-75(4)5/h13-15,20,74-79,84H,8-12,16-19,21-73H2,1-7H3,(H,89,90)(H,91,92)/b14-13-,20-15-/t77-,78-,79-/m1/s1. The second-order valence-corrected chi connectivity index (χ2v) is 33.5. The van der Waals surface area contributed by atoms with E-state index in [2.05, 4.69) is 72.8 Å². The smallest absolute Gasteiger partial charge is 0.462 e. The zero-order valence-electron chi connectivity index (χ0n) is 66.6. The molecule has 602 valence electrons. The lowest BCUT2D eigenvalue weighted by molar-refractivity contribution is -0.161. The van der Waals surface area contributed by atoms with Gasteiger partial charge in [0.2, 0.25) is 0 Å². The van der Waals surface area contributed by atoms with Crippen LogP contribution in [-0.2, 0) is 65.4 Å². The van der Waals surface area contributed by atoms with E-state index in [1.54, 1.807) is 0 Å². The molecule has 2 unspecified atom stereocenters. The number of ether oxygens (including phenoxy) is 4. The molecule has 0 radical (unpaired) electrons. The number of phosphoric acid groups is 2. The molecule has 3 N–H and O–H groups in total. The highest BCUT2D eigenvalue weighted by molar-refractivity contribution is 7.47. The van der Waals surface area contributed by atoms with Gasteiger partial charge >= 0.3 is 39.5 Å². The maximum Gasteiger partial charge on any atom is 0.472 e. The molecule has 5 atom stereocenters. The summed E-state index contributed by atoms with van der Waals surface area (Å²) in [5.41, 5.74) is 0. The van der Waals surface area contributed by atoms with Crippen LogP contribution in [0.1, 0.15) is 408 Å². The Labute approximate surface area is 624 Å². The van der Waals surface area contributed by atoms with E-state index in [0.717, 1.165) is 127 Å². The van der Waals surface area contributed by atoms with Crippen LogP contribution in [0.5, 0.6) is 0 Å². The SMILES string of the molecule is CCCCCC/C=C\C=C/CCCCCCCC(=O)OC[C@H](COP(=O)(O)OC[C@@H](O)COP(=O)(O)OC[C@@H](COC(=O)CCCCCCCCCCCCC(C)C)OC(=O)CCCCCCCCCCCCC(C)C)OC(=O)CCCCCCCCCCCCCCCCCCCCC(C)C. The summed E-state index contributed by atoms with van der Waals surface area (Å²) in [4.78, 5) is 73.1. The lowest BCUT2D eigenvalue weighted by Crippen LogP contribution is -2.30. The van der Waals surface area contributed by atoms with Crippen LogP contribution in [0.2, 0.25) is 0 Å². The summed E-state index contributed by atoms with van der Waals surface area (Å²) in [5, 5.41) is 10.7. The lowest BCUT2D eigenvalue weighted by atomic mass is 10.0. The Morgan fingerprint density at radius 1 is 0.304 bits per heavy atom. The maximum absolute atomic E-state index is 13.1. The van der Waals surface area contributed by atoms with Gasteiger partial charge in [0.25, 0.3) is 0 Å². The highest BCUT2D eigenvalue weighted by Gasteiger charge is 2.30. The number of phosphoric ester groups is 2. The molecule has 102 heavy (non-hydrogen) atoms. The monoisotopic (exact) mass is 1490 g/mol. The van der Waals surface area contributed by atoms with E-state index in [4.69, 9.17) is 37.0 Å². The molecule has 0 aromatic carbocycles. The first-order chi connectivity index (χ1) is 49.2. The van der Waals surface area contributed by atoms with Crippen LogP contribution in [0, 0.1) is 17.8 Å². The Balaban J connectivity index is 5.27. The fourth-order valence-electron chi connectivity index (χ4n) is 12.3. The minimum atomic E-state index is -4.97. The van der Waals surface area contributed by atoms with Crippen molar-refractivity contribution in [2.24, 2.45) is 17.8 Å². The normalized spacial score (nSPS) is 14.1. The summed E-state index contributed by atoms with van der Waals surface area (Å²) in [6, 6.07) is 0. The molecule has 19 heteroatoms. The van der Waals surface area contributed by atoms with Gasteiger partial charge in [-0.15, -0.1) is 0 Å². The average molecular weight is 1490 g/mol. The predicted octanol–water partition coefficient (Wildman–Crippen LogP) is 24.5. The largest absolute Gasteiger partial charge is 0.472 e. The van der Waals surface area contributed by atoms with Crippen molar-refractivity contribution in [3.05, 3.63) is 24.3 Å². The molecule has 0 rings (SSSR count). The first kappa shape index (κ1) is 99.5. The molecular formula is C83H158O17P2. The van der Waals surface area contributed by atoms with Crippen molar-refractivity contribution < 1.29 is 80.2 Å². The van der Waals surface area contributed by atoms with E-state index in [1.807, 2.05) is 0 Å². The van der Waals surface area contributed by atoms with Gasteiger partial charge in [-0.25, -0.2) is 9.13 Å². The molecule has 0 bridgehead atoms. The molecule has 0 aromatic rings. The fraction of sp³-hybridized carbons (Fsp3) is 0.904. The van der Waals surface area contributed by atoms with Gasteiger partial charge in [-0.3, -0.25) is 37.3 Å². The number of carbonyl (C=O) groups excluding carboxylic acids is 4. The molecule has 0 spiro atoms. The van der Waals surface area contributed by atoms with Crippen LogP contribution in [-0.4, -0.2) is 96.7 Å². The minimum absolute atomic E-state index is 0.101. The van der Waals surface area contributed by atoms with E-state index in [0.29, 0.717) is 25.7 Å². The minimum Gasteiger partial charge on any atom is -0.462 e. The van der Waals surface area contributed by atoms with Gasteiger partial charge in [-0.05, 0) is 69.1 Å². The third-order valence-electron chi connectivity index (χ3n) is 18.8. The zero-order chi connectivity index (χ0) is 75.1. The van der Waals surface area contributed by atoms with Crippen LogP contribution >= 0.6 is 15.6 Å². The van der Waals surface area contributed by atoms with E-state index >= 15 is 0 Å². The number of hydrogen-bond donors (Lipinski definition) is 3. The van der Waals surface area contributed by atoms with Crippen molar-refractivity contribution >= 4 is 39.5 Å². The molecule has 0 amide bonds. The zero-order valence-corrected chi connectivity index (χ0v) is 68.4. The molecule has 0 aromatic heterocycles. The Bertz CT molecular complexity index is 2070. The third kappa shape index (κ3) is 75.8. The van der Waals surface area contributed by atoms with Crippen molar-refractivity contribution in [1.29, 1.82) is 0 Å². The van der Waals surface area contributed by atoms with Gasteiger partial charge in [-0.2, -0.15) is 0 Å². The van der Waals surface area contributed by atoms with Gasteiger partial charge in [0.05, 0.1) is 26.4 Å². The highest BCUT2D eigenvalue weighted by Crippen LogP contribution is 2.45. The second kappa shape index (κ2) is 72.7. The Hall–Kier alpha value is -2.46. The maximum atomic E-state index is 13.1. The number of aliphatic hydroxyl groups is 1. The highest BCUT2D eigenvalue weighted by atomic mass is 31.2. The van der Waals surface area contributed by atoms with Crippen molar-refractivity contribution in [1.82, 2.24) is 0 Å². The number of allylic oxidation sites excluding steroid dienone is 4. The summed E-state index contributed by atoms with van der Waals surface area (Å²) < 4.78 is 68.7. The summed E-state index contributed by atoms with van der Waals surface area (Å²) in [6.45, 7) is 11.9. The van der Waals surface area contributed by atoms with Crippen LogP contribution < -0.4 is 0 Å². The second-order valence-electron chi connectivity index (χ2n) is 30.6. The molecular weight excluding hydrogens is 1330 g/mol. The Kier molecular flexibility index (Phi) is 71.0. The first-order valence-electron chi connectivity index (χ1n) is 42.2. The van der Waals surface area contributed by atoms with Crippen LogP contribution in [0.15, 0.2) is 24.3 Å². The van der Waals surface area contributed by atoms with Crippen LogP contribution in [0.25, 0.3) is 0 Å². The summed E-state index contributed by atoms with van der Waals surface area (Å²) >= 11 is 0. The molecule has 0 fully saturated rings. The number of rotatable bonds is 79. The third-order valence-corrected chi connectivity index (χ3v) is 20.7. The molecule has 0 heterocycles. The summed E-state index contributed by atoms with van der Waals surface area (Å²) in [5.74, 6) is 0.187. The number of carbonyl (C=O) groups is 4. The first-order valence-corrected chi connectivity index (χ1v) is 45.2. The lowest BCUT2D eigenvalue weighted by Gasteiger charge is -2.21. The molecule has 0 saturated carbocycles. The molecule has 0 saturated heterocycles. The van der Waals surface area contributed by atoms with Crippen LogP contribution in [0.4, 0.5) is 0 Å². The van der Waals surface area contributed by atoms with Gasteiger partial charge in [0.15, 0.2) is 12.2 Å². The van der Waals surface area contributed by atoms with E-state index in [9.17, 15) is 43.2 Å². The number of unbranched alkanes of at least 4 members (excludes halogenated alkanes) is 44. The summed E-state index contributed by atoms with van der Waals surface area (Å²) in [6.07, 6.45) is 64.7.